The van der Waals surface area contributed by atoms with Gasteiger partial charge < -0.3 is 64.2 Å². The van der Waals surface area contributed by atoms with E-state index in [1.807, 2.05) is 0 Å². The maximum absolute atomic E-state index is 13.0. The highest BCUT2D eigenvalue weighted by atomic mass is 16.7. The quantitative estimate of drug-likeness (QED) is 0.0188. The van der Waals surface area contributed by atoms with Crippen molar-refractivity contribution in [3.05, 3.63) is 36.5 Å². The molecule has 15 nitrogen and oxygen atoms in total. The fraction of sp³-hybridized carbons (Fsp3) is 0.843. The summed E-state index contributed by atoms with van der Waals surface area (Å²) in [7, 11) is 0. The number of esters is 2. The van der Waals surface area contributed by atoms with Crippen LogP contribution in [0.1, 0.15) is 181 Å². The Morgan fingerprint density at radius 1 is 0.485 bits per heavy atom. The molecule has 0 bridgehead atoms. The van der Waals surface area contributed by atoms with Gasteiger partial charge in [0.1, 0.15) is 55.4 Å². The molecule has 0 amide bonds. The van der Waals surface area contributed by atoms with Crippen molar-refractivity contribution in [2.45, 2.75) is 248 Å². The molecule has 2 rings (SSSR count). The second-order valence-electron chi connectivity index (χ2n) is 18.0. The van der Waals surface area contributed by atoms with Gasteiger partial charge in [-0.05, 0) is 51.4 Å². The average Bonchev–Trinajstić information content (AvgIpc) is 3.31. The number of aliphatic hydroxyl groups excluding tert-OH is 7. The van der Waals surface area contributed by atoms with Crippen LogP contribution in [-0.2, 0) is 38.0 Å². The zero-order valence-corrected chi connectivity index (χ0v) is 40.4. The highest BCUT2D eigenvalue weighted by molar-refractivity contribution is 5.70. The van der Waals surface area contributed by atoms with E-state index in [2.05, 4.69) is 50.3 Å². The van der Waals surface area contributed by atoms with Crippen molar-refractivity contribution in [1.29, 1.82) is 0 Å². The lowest BCUT2D eigenvalue weighted by atomic mass is 9.98. The number of rotatable bonds is 39. The monoisotopic (exact) mass is 943 g/mol. The van der Waals surface area contributed by atoms with Gasteiger partial charge in [0.25, 0.3) is 0 Å². The van der Waals surface area contributed by atoms with Crippen LogP contribution < -0.4 is 0 Å². The molecule has 2 fully saturated rings. The maximum atomic E-state index is 13.0. The summed E-state index contributed by atoms with van der Waals surface area (Å²) >= 11 is 0. The van der Waals surface area contributed by atoms with Gasteiger partial charge in [-0.15, -0.1) is 0 Å². The molecular weight excluding hydrogens is 853 g/mol. The van der Waals surface area contributed by atoms with Crippen molar-refractivity contribution in [2.75, 3.05) is 26.4 Å². The van der Waals surface area contributed by atoms with Gasteiger partial charge in [-0.3, -0.25) is 9.59 Å². The topological polar surface area (TPSA) is 231 Å². The second-order valence-corrected chi connectivity index (χ2v) is 18.0. The molecular formula is C51H90O15. The summed E-state index contributed by atoms with van der Waals surface area (Å²) in [5.74, 6) is -0.966. The van der Waals surface area contributed by atoms with Gasteiger partial charge >= 0.3 is 11.9 Å². The van der Waals surface area contributed by atoms with Gasteiger partial charge in [0.05, 0.1) is 19.8 Å². The van der Waals surface area contributed by atoms with Gasteiger partial charge in [0, 0.05) is 12.8 Å². The summed E-state index contributed by atoms with van der Waals surface area (Å²) < 4.78 is 33.5. The van der Waals surface area contributed by atoms with Gasteiger partial charge in [0.2, 0.25) is 0 Å². The molecule has 2 aliphatic rings. The van der Waals surface area contributed by atoms with E-state index in [0.29, 0.717) is 12.8 Å². The van der Waals surface area contributed by atoms with E-state index in [1.54, 1.807) is 0 Å². The first-order valence-electron chi connectivity index (χ1n) is 25.6. The van der Waals surface area contributed by atoms with Crippen LogP contribution in [0.4, 0.5) is 0 Å². The van der Waals surface area contributed by atoms with Crippen LogP contribution in [0.15, 0.2) is 36.5 Å². The van der Waals surface area contributed by atoms with Crippen molar-refractivity contribution in [3.8, 4) is 0 Å². The third-order valence-electron chi connectivity index (χ3n) is 12.1. The van der Waals surface area contributed by atoms with Crippen LogP contribution in [0.2, 0.25) is 0 Å². The molecule has 0 aliphatic carbocycles. The van der Waals surface area contributed by atoms with E-state index in [-0.39, 0.29) is 19.4 Å². The van der Waals surface area contributed by atoms with Crippen LogP contribution in [0, 0.1) is 0 Å². The summed E-state index contributed by atoms with van der Waals surface area (Å²) in [6.07, 6.45) is 23.2. The Hall–Kier alpha value is -2.28. The Labute approximate surface area is 395 Å². The molecule has 7 N–H and O–H groups in total. The zero-order valence-electron chi connectivity index (χ0n) is 40.4. The van der Waals surface area contributed by atoms with Gasteiger partial charge in [-0.1, -0.05) is 153 Å². The Balaban J connectivity index is 1.83. The summed E-state index contributed by atoms with van der Waals surface area (Å²) in [6.45, 7) is 2.52. The molecule has 0 aromatic carbocycles. The van der Waals surface area contributed by atoms with Crippen LogP contribution in [-0.4, -0.2) is 142 Å². The number of unbranched alkanes of at least 4 members (excludes halogenated alkanes) is 19. The lowest BCUT2D eigenvalue weighted by molar-refractivity contribution is -0.332. The minimum absolute atomic E-state index is 0.160. The van der Waals surface area contributed by atoms with Gasteiger partial charge in [0.15, 0.2) is 18.7 Å². The predicted molar refractivity (Wildman–Crippen MR) is 252 cm³/mol. The minimum Gasteiger partial charge on any atom is -0.462 e. The highest BCUT2D eigenvalue weighted by Crippen LogP contribution is 2.26. The molecule has 0 aromatic heterocycles. The Morgan fingerprint density at radius 2 is 0.909 bits per heavy atom. The molecule has 0 spiro atoms. The lowest BCUT2D eigenvalue weighted by Crippen LogP contribution is -2.61. The SMILES string of the molecule is CCCCC/C=C/C/C=C/C/C=C/CCCCC(=O)OC[C@H](CO[C@@H]1O[C@H](CO[C@@H]2O[C@H](CO)[C@H](O)C(O)C2O)[C@H](O)C(O)C1O)OC(=O)CCCCCCCCCCCCCCCCC. The van der Waals surface area contributed by atoms with E-state index in [1.165, 1.54) is 89.9 Å². The smallest absolute Gasteiger partial charge is 0.306 e. The second kappa shape index (κ2) is 38.6. The Bertz CT molecular complexity index is 1290. The molecule has 384 valence electrons. The number of hydrogen-bond acceptors (Lipinski definition) is 15. The molecule has 0 radical (unpaired) electrons. The number of hydrogen-bond donors (Lipinski definition) is 7. The summed E-state index contributed by atoms with van der Waals surface area (Å²) in [5, 5.41) is 72.0. The van der Waals surface area contributed by atoms with E-state index in [9.17, 15) is 45.3 Å². The number of carbonyl (C=O) groups excluding carboxylic acids is 2. The third kappa shape index (κ3) is 26.5. The molecule has 2 saturated heterocycles. The van der Waals surface area contributed by atoms with Gasteiger partial charge in [-0.25, -0.2) is 0 Å². The molecule has 2 aliphatic heterocycles. The normalized spacial score (nSPS) is 26.4. The van der Waals surface area contributed by atoms with Crippen molar-refractivity contribution in [1.82, 2.24) is 0 Å². The van der Waals surface area contributed by atoms with Crippen molar-refractivity contribution in [2.24, 2.45) is 0 Å². The highest BCUT2D eigenvalue weighted by Gasteiger charge is 2.47. The fourth-order valence-electron chi connectivity index (χ4n) is 7.87. The van der Waals surface area contributed by atoms with Crippen molar-refractivity contribution in [3.63, 3.8) is 0 Å². The molecule has 2 heterocycles. The Morgan fingerprint density at radius 3 is 1.45 bits per heavy atom. The average molecular weight is 943 g/mol. The van der Waals surface area contributed by atoms with E-state index < -0.39 is 99.3 Å². The van der Waals surface area contributed by atoms with E-state index >= 15 is 0 Å². The van der Waals surface area contributed by atoms with Crippen molar-refractivity contribution < 1.29 is 73.8 Å². The number of aliphatic hydroxyl groups is 7. The first-order valence-corrected chi connectivity index (χ1v) is 25.6. The largest absolute Gasteiger partial charge is 0.462 e. The lowest BCUT2D eigenvalue weighted by Gasteiger charge is -2.42. The summed E-state index contributed by atoms with van der Waals surface area (Å²) in [5.41, 5.74) is 0. The summed E-state index contributed by atoms with van der Waals surface area (Å²) in [6, 6.07) is 0. The predicted octanol–water partition coefficient (Wildman–Crippen LogP) is 6.93. The summed E-state index contributed by atoms with van der Waals surface area (Å²) in [4.78, 5) is 25.7. The van der Waals surface area contributed by atoms with Crippen LogP contribution in [0.5, 0.6) is 0 Å². The standard InChI is InChI=1S/C51H90O15/c1-3-5-7-9-11-13-15-17-19-21-23-25-27-29-31-33-42(53)61-36-39(64-43(54)34-32-30-28-26-24-22-20-18-16-14-12-10-8-6-4-2)37-62-50-49(60)47(58)45(56)41(66-50)38-63-51-48(59)46(57)44(55)40(35-52)65-51/h11,13,17,19,23,25,39-41,44-52,55-60H,3-10,12,14-16,18,20-22,24,26-38H2,1-2H3/b13-11+,19-17+,25-23+/t39-,40-,41-,44+,45+,46?,47?,48?,49?,50-,51-/m1/s1. The first-order chi connectivity index (χ1) is 32.0. The molecule has 4 unspecified atom stereocenters. The number of carbonyl (C=O) groups is 2. The molecule has 0 saturated carbocycles. The molecule has 15 heteroatoms. The Kier molecular flexibility index (Phi) is 35.0. The molecule has 11 atom stereocenters. The van der Waals surface area contributed by atoms with Crippen molar-refractivity contribution >= 4 is 11.9 Å². The fourth-order valence-corrected chi connectivity index (χ4v) is 7.87. The van der Waals surface area contributed by atoms with E-state index in [4.69, 9.17) is 28.4 Å². The zero-order chi connectivity index (χ0) is 48.2. The maximum Gasteiger partial charge on any atom is 0.306 e. The first kappa shape index (κ1) is 59.8. The van der Waals surface area contributed by atoms with Crippen LogP contribution >= 0.6 is 0 Å². The van der Waals surface area contributed by atoms with E-state index in [0.717, 1.165) is 51.4 Å². The number of ether oxygens (including phenoxy) is 6. The minimum atomic E-state index is -1.77. The number of allylic oxidation sites excluding steroid dienone is 6. The third-order valence-corrected chi connectivity index (χ3v) is 12.1. The van der Waals surface area contributed by atoms with Crippen LogP contribution in [0.3, 0.4) is 0 Å². The van der Waals surface area contributed by atoms with Crippen LogP contribution in [0.25, 0.3) is 0 Å². The van der Waals surface area contributed by atoms with Gasteiger partial charge in [-0.2, -0.15) is 0 Å². The molecule has 0 aromatic rings. The molecule has 66 heavy (non-hydrogen) atoms.